The Hall–Kier alpha value is -3.06. The van der Waals surface area contributed by atoms with Crippen LogP contribution in [0.2, 0.25) is 0 Å². The van der Waals surface area contributed by atoms with Crippen LogP contribution < -0.4 is 16.8 Å². The minimum atomic E-state index is -0.393. The van der Waals surface area contributed by atoms with Crippen LogP contribution in [0.3, 0.4) is 0 Å². The summed E-state index contributed by atoms with van der Waals surface area (Å²) in [5, 5.41) is 4.02. The maximum atomic E-state index is 12.2. The summed E-state index contributed by atoms with van der Waals surface area (Å²) in [5.74, 6) is -0.698. The van der Waals surface area contributed by atoms with E-state index in [-0.39, 0.29) is 24.6 Å². The number of fused-ring (bicyclic) bond motifs is 3. The van der Waals surface area contributed by atoms with Gasteiger partial charge in [-0.15, -0.1) is 0 Å². The molecule has 0 radical (unpaired) electrons. The van der Waals surface area contributed by atoms with Crippen molar-refractivity contribution < 1.29 is 9.59 Å². The molecule has 7 nitrogen and oxygen atoms in total. The minimum absolute atomic E-state index is 0.151. The average molecular weight is 309 g/mol. The summed E-state index contributed by atoms with van der Waals surface area (Å²) in [6, 6.07) is 8.85. The van der Waals surface area contributed by atoms with Gasteiger partial charge in [-0.2, -0.15) is 0 Å². The summed E-state index contributed by atoms with van der Waals surface area (Å²) in [5.41, 5.74) is 13.3. The number of benzene rings is 1. The SMILES string of the molecule is NCC(=O)NCC(=O)c1ccc2c(N)cc3cccnc3c2n1. The molecule has 0 unspecified atom stereocenters. The predicted molar refractivity (Wildman–Crippen MR) is 87.9 cm³/mol. The van der Waals surface area contributed by atoms with E-state index in [9.17, 15) is 9.59 Å². The van der Waals surface area contributed by atoms with Gasteiger partial charge >= 0.3 is 0 Å². The molecule has 1 aromatic carbocycles. The fraction of sp³-hybridized carbons (Fsp3) is 0.125. The number of hydrogen-bond donors (Lipinski definition) is 3. The second kappa shape index (κ2) is 5.98. The number of nitrogens with one attached hydrogen (secondary N) is 1. The van der Waals surface area contributed by atoms with Crippen molar-refractivity contribution in [2.24, 2.45) is 5.73 Å². The average Bonchev–Trinajstić information content (AvgIpc) is 2.59. The summed E-state index contributed by atoms with van der Waals surface area (Å²) in [6.07, 6.45) is 1.66. The van der Waals surface area contributed by atoms with Gasteiger partial charge in [0.2, 0.25) is 5.91 Å². The Bertz CT molecular complexity index is 923. The summed E-state index contributed by atoms with van der Waals surface area (Å²) >= 11 is 0. The second-order valence-electron chi connectivity index (χ2n) is 5.04. The van der Waals surface area contributed by atoms with Crippen LogP contribution in [0, 0.1) is 0 Å². The normalized spacial score (nSPS) is 10.8. The van der Waals surface area contributed by atoms with E-state index in [0.29, 0.717) is 16.7 Å². The Kier molecular flexibility index (Phi) is 3.86. The van der Waals surface area contributed by atoms with Gasteiger partial charge in [0.15, 0.2) is 5.78 Å². The number of pyridine rings is 2. The number of nitrogens with two attached hydrogens (primary N) is 2. The van der Waals surface area contributed by atoms with Crippen LogP contribution in [-0.2, 0) is 4.79 Å². The number of ketones is 1. The molecular weight excluding hydrogens is 294 g/mol. The molecule has 2 aromatic heterocycles. The quantitative estimate of drug-likeness (QED) is 0.369. The van der Waals surface area contributed by atoms with Gasteiger partial charge in [-0.3, -0.25) is 14.6 Å². The maximum absolute atomic E-state index is 12.2. The molecule has 5 N–H and O–H groups in total. The van der Waals surface area contributed by atoms with E-state index in [0.717, 1.165) is 10.8 Å². The molecule has 1 amide bonds. The van der Waals surface area contributed by atoms with Crippen LogP contribution in [0.1, 0.15) is 10.5 Å². The van der Waals surface area contributed by atoms with E-state index in [1.165, 1.54) is 0 Å². The van der Waals surface area contributed by atoms with Gasteiger partial charge in [0, 0.05) is 22.7 Å². The molecule has 0 aliphatic heterocycles. The van der Waals surface area contributed by atoms with E-state index in [1.54, 1.807) is 18.3 Å². The number of amides is 1. The summed E-state index contributed by atoms with van der Waals surface area (Å²) in [6.45, 7) is -0.314. The van der Waals surface area contributed by atoms with Gasteiger partial charge < -0.3 is 16.8 Å². The van der Waals surface area contributed by atoms with Crippen LogP contribution >= 0.6 is 0 Å². The molecule has 116 valence electrons. The highest BCUT2D eigenvalue weighted by Crippen LogP contribution is 2.27. The lowest BCUT2D eigenvalue weighted by atomic mass is 10.1. The van der Waals surface area contributed by atoms with Gasteiger partial charge in [-0.1, -0.05) is 6.07 Å². The van der Waals surface area contributed by atoms with E-state index in [4.69, 9.17) is 11.5 Å². The number of aromatic nitrogens is 2. The predicted octanol–water partition coefficient (Wildman–Crippen LogP) is 0.623. The van der Waals surface area contributed by atoms with E-state index >= 15 is 0 Å². The molecule has 2 heterocycles. The van der Waals surface area contributed by atoms with Crippen molar-refractivity contribution in [2.45, 2.75) is 0 Å². The Morgan fingerprint density at radius 1 is 1.17 bits per heavy atom. The van der Waals surface area contributed by atoms with Crippen molar-refractivity contribution in [3.8, 4) is 0 Å². The fourth-order valence-corrected chi connectivity index (χ4v) is 2.35. The smallest absolute Gasteiger partial charge is 0.234 e. The molecule has 0 atom stereocenters. The van der Waals surface area contributed by atoms with Gasteiger partial charge in [0.1, 0.15) is 5.69 Å². The van der Waals surface area contributed by atoms with E-state index in [2.05, 4.69) is 15.3 Å². The highest BCUT2D eigenvalue weighted by Gasteiger charge is 2.13. The Balaban J connectivity index is 2.05. The molecular formula is C16H15N5O2. The Morgan fingerprint density at radius 2 is 2.00 bits per heavy atom. The first kappa shape index (κ1) is 14.9. The number of hydrogen-bond acceptors (Lipinski definition) is 6. The Labute approximate surface area is 131 Å². The molecule has 7 heteroatoms. The van der Waals surface area contributed by atoms with Crippen molar-refractivity contribution in [1.82, 2.24) is 15.3 Å². The second-order valence-corrected chi connectivity index (χ2v) is 5.04. The van der Waals surface area contributed by atoms with Crippen molar-refractivity contribution in [2.75, 3.05) is 18.8 Å². The number of rotatable bonds is 4. The topological polar surface area (TPSA) is 124 Å². The first-order valence-corrected chi connectivity index (χ1v) is 7.04. The highest BCUT2D eigenvalue weighted by atomic mass is 16.2. The van der Waals surface area contributed by atoms with Crippen LogP contribution in [0.15, 0.2) is 36.5 Å². The lowest BCUT2D eigenvalue weighted by Crippen LogP contribution is -2.34. The standard InChI is InChI=1S/C16H15N5O2/c17-7-14(23)20-8-13(22)12-4-3-10-11(18)6-9-2-1-5-19-15(9)16(10)21-12/h1-6H,7-8,17-18H2,(H,20,23). The van der Waals surface area contributed by atoms with Gasteiger partial charge in [0.05, 0.1) is 24.1 Å². The number of nitrogen functional groups attached to an aromatic ring is 1. The molecule has 0 fully saturated rings. The third-order valence-corrected chi connectivity index (χ3v) is 3.50. The first-order chi connectivity index (χ1) is 11.1. The van der Waals surface area contributed by atoms with Crippen LogP contribution in [0.4, 0.5) is 5.69 Å². The van der Waals surface area contributed by atoms with Crippen molar-refractivity contribution in [1.29, 1.82) is 0 Å². The third-order valence-electron chi connectivity index (χ3n) is 3.50. The minimum Gasteiger partial charge on any atom is -0.398 e. The maximum Gasteiger partial charge on any atom is 0.234 e. The molecule has 0 aliphatic carbocycles. The molecule has 0 spiro atoms. The number of anilines is 1. The molecule has 0 saturated carbocycles. The summed E-state index contributed by atoms with van der Waals surface area (Å²) in [7, 11) is 0. The van der Waals surface area contributed by atoms with Gasteiger partial charge in [-0.05, 0) is 24.3 Å². The third kappa shape index (κ3) is 2.82. The lowest BCUT2D eigenvalue weighted by Gasteiger charge is -2.08. The number of nitrogens with zero attached hydrogens (tertiary/aromatic N) is 2. The van der Waals surface area contributed by atoms with E-state index in [1.807, 2.05) is 18.2 Å². The first-order valence-electron chi connectivity index (χ1n) is 7.04. The van der Waals surface area contributed by atoms with Crippen LogP contribution in [-0.4, -0.2) is 34.7 Å². The Morgan fingerprint density at radius 3 is 2.78 bits per heavy atom. The van der Waals surface area contributed by atoms with Crippen LogP contribution in [0.25, 0.3) is 21.8 Å². The van der Waals surface area contributed by atoms with Gasteiger partial charge in [0.25, 0.3) is 0 Å². The highest BCUT2D eigenvalue weighted by molar-refractivity contribution is 6.10. The zero-order valence-electron chi connectivity index (χ0n) is 12.2. The molecule has 3 rings (SSSR count). The van der Waals surface area contributed by atoms with Crippen molar-refractivity contribution >= 4 is 39.2 Å². The van der Waals surface area contributed by atoms with E-state index < -0.39 is 5.91 Å². The lowest BCUT2D eigenvalue weighted by molar-refractivity contribution is -0.119. The zero-order valence-corrected chi connectivity index (χ0v) is 12.2. The monoisotopic (exact) mass is 309 g/mol. The largest absolute Gasteiger partial charge is 0.398 e. The molecule has 23 heavy (non-hydrogen) atoms. The number of carbonyl (C=O) groups excluding carboxylic acids is 2. The van der Waals surface area contributed by atoms with Gasteiger partial charge in [-0.25, -0.2) is 4.98 Å². The zero-order chi connectivity index (χ0) is 16.4. The molecule has 3 aromatic rings. The molecule has 0 saturated heterocycles. The van der Waals surface area contributed by atoms with Crippen molar-refractivity contribution in [3.63, 3.8) is 0 Å². The summed E-state index contributed by atoms with van der Waals surface area (Å²) < 4.78 is 0. The molecule has 0 aliphatic rings. The number of carbonyl (C=O) groups is 2. The fourth-order valence-electron chi connectivity index (χ4n) is 2.35. The summed E-state index contributed by atoms with van der Waals surface area (Å²) in [4.78, 5) is 32.0. The van der Waals surface area contributed by atoms with Crippen molar-refractivity contribution in [3.05, 3.63) is 42.2 Å². The number of Topliss-reactive ketones (excluding diaryl/α,β-unsaturated/α-hetero) is 1. The van der Waals surface area contributed by atoms with Crippen LogP contribution in [0.5, 0.6) is 0 Å². The molecule has 0 bridgehead atoms.